The van der Waals surface area contributed by atoms with Crippen LogP contribution in [0.25, 0.3) is 0 Å². The fourth-order valence-electron chi connectivity index (χ4n) is 4.59. The molecule has 1 heterocycles. The van der Waals surface area contributed by atoms with Crippen molar-refractivity contribution >= 4 is 17.6 Å². The molecule has 1 saturated heterocycles. The van der Waals surface area contributed by atoms with E-state index in [0.29, 0.717) is 25.3 Å². The zero-order valence-corrected chi connectivity index (χ0v) is 16.7. The molecule has 0 aromatic heterocycles. The van der Waals surface area contributed by atoms with Gasteiger partial charge in [0.05, 0.1) is 18.1 Å². The van der Waals surface area contributed by atoms with Crippen LogP contribution in [0.3, 0.4) is 0 Å². The number of carbonyl (C=O) groups excluding carboxylic acids is 1. The average molecular weight is 369 g/mol. The van der Waals surface area contributed by atoms with Crippen molar-refractivity contribution in [1.29, 1.82) is 0 Å². The number of esters is 1. The number of carbonyl (C=O) groups is 1. The van der Waals surface area contributed by atoms with Gasteiger partial charge in [-0.1, -0.05) is 23.3 Å². The maximum Gasteiger partial charge on any atom is 0.311 e. The van der Waals surface area contributed by atoms with Crippen molar-refractivity contribution in [1.82, 2.24) is 0 Å². The number of hydrogen-bond acceptors (Lipinski definition) is 3. The van der Waals surface area contributed by atoms with Crippen molar-refractivity contribution in [3.05, 3.63) is 23.3 Å². The zero-order chi connectivity index (χ0) is 18.5. The van der Waals surface area contributed by atoms with Crippen LogP contribution >= 0.6 is 11.6 Å². The molecular formula is C21H33ClO3. The number of aliphatic hydroxyl groups is 1. The second kappa shape index (κ2) is 8.73. The number of halogens is 1. The highest BCUT2D eigenvalue weighted by Gasteiger charge is 2.62. The molecule has 0 aromatic rings. The Morgan fingerprint density at radius 2 is 2.04 bits per heavy atom. The van der Waals surface area contributed by atoms with Crippen molar-refractivity contribution in [2.75, 3.05) is 12.5 Å². The van der Waals surface area contributed by atoms with Crippen LogP contribution in [0.4, 0.5) is 0 Å². The van der Waals surface area contributed by atoms with E-state index in [1.807, 2.05) is 0 Å². The fraction of sp³-hybridized carbons (Fsp3) is 0.762. The molecule has 1 N–H and O–H groups in total. The number of ether oxygens (including phenoxy) is 1. The van der Waals surface area contributed by atoms with Crippen molar-refractivity contribution in [3.8, 4) is 0 Å². The van der Waals surface area contributed by atoms with Crippen molar-refractivity contribution < 1.29 is 14.6 Å². The Hall–Kier alpha value is -0.800. The Morgan fingerprint density at radius 3 is 2.72 bits per heavy atom. The van der Waals surface area contributed by atoms with Gasteiger partial charge in [-0.2, -0.15) is 0 Å². The van der Waals surface area contributed by atoms with Gasteiger partial charge in [-0.25, -0.2) is 0 Å². The third-order valence-corrected chi connectivity index (χ3v) is 6.31. The topological polar surface area (TPSA) is 46.5 Å². The van der Waals surface area contributed by atoms with Crippen molar-refractivity contribution in [3.63, 3.8) is 0 Å². The number of cyclic esters (lactones) is 1. The Morgan fingerprint density at radius 1 is 1.28 bits per heavy atom. The van der Waals surface area contributed by atoms with Gasteiger partial charge in [0.15, 0.2) is 0 Å². The molecule has 1 aliphatic heterocycles. The molecule has 4 heteroatoms. The average Bonchev–Trinajstić information content (AvgIpc) is 2.88. The lowest BCUT2D eigenvalue weighted by Gasteiger charge is -2.49. The second-order valence-corrected chi connectivity index (χ2v) is 8.48. The van der Waals surface area contributed by atoms with Gasteiger partial charge >= 0.3 is 5.97 Å². The molecule has 2 fully saturated rings. The lowest BCUT2D eigenvalue weighted by Crippen LogP contribution is -2.59. The minimum Gasteiger partial charge on any atom is -0.465 e. The first-order valence-corrected chi connectivity index (χ1v) is 10.1. The summed E-state index contributed by atoms with van der Waals surface area (Å²) in [6.45, 7) is 6.78. The zero-order valence-electron chi connectivity index (χ0n) is 15.9. The number of alkyl halides is 1. The lowest BCUT2D eigenvalue weighted by molar-refractivity contribution is -0.205. The maximum atomic E-state index is 12.2. The minimum absolute atomic E-state index is 0.269. The van der Waals surface area contributed by atoms with E-state index in [-0.39, 0.29) is 11.4 Å². The quantitative estimate of drug-likeness (QED) is 0.365. The number of rotatable bonds is 8. The Labute approximate surface area is 157 Å². The second-order valence-electron chi connectivity index (χ2n) is 8.11. The smallest absolute Gasteiger partial charge is 0.311 e. The van der Waals surface area contributed by atoms with Gasteiger partial charge < -0.3 is 9.84 Å². The van der Waals surface area contributed by atoms with Gasteiger partial charge in [-0.3, -0.25) is 4.79 Å². The molecule has 3 atom stereocenters. The van der Waals surface area contributed by atoms with Gasteiger partial charge in [0, 0.05) is 11.3 Å². The summed E-state index contributed by atoms with van der Waals surface area (Å²) in [6, 6.07) is 0. The van der Waals surface area contributed by atoms with Crippen LogP contribution in [-0.4, -0.2) is 29.2 Å². The third-order valence-electron chi connectivity index (χ3n) is 6.09. The molecule has 25 heavy (non-hydrogen) atoms. The number of fused-ring (bicyclic) bond motifs is 1. The van der Waals surface area contributed by atoms with E-state index in [1.165, 1.54) is 11.1 Å². The third kappa shape index (κ3) is 4.49. The Kier molecular flexibility index (Phi) is 7.16. The predicted molar refractivity (Wildman–Crippen MR) is 103 cm³/mol. The van der Waals surface area contributed by atoms with Crippen LogP contribution in [0.1, 0.15) is 72.1 Å². The standard InChI is InChI=1S/C21H33ClO3/c1-16(2)7-4-8-17(3)9-5-11-20-12-6-13-21(20,24)18(10-14-22)19(23)25-15-20/h7,9,18,24H,4-6,8,10-15H2,1-3H3/b17-9+/t18?,20-,21-/m1/s1. The van der Waals surface area contributed by atoms with E-state index in [4.69, 9.17) is 16.3 Å². The van der Waals surface area contributed by atoms with Crippen LogP contribution in [0.15, 0.2) is 23.3 Å². The molecule has 2 rings (SSSR count). The fourth-order valence-corrected chi connectivity index (χ4v) is 4.81. The molecule has 3 nitrogen and oxygen atoms in total. The van der Waals surface area contributed by atoms with Crippen LogP contribution in [-0.2, 0) is 9.53 Å². The molecule has 0 spiro atoms. The molecule has 1 aliphatic carbocycles. The van der Waals surface area contributed by atoms with E-state index >= 15 is 0 Å². The molecule has 0 bridgehead atoms. The summed E-state index contributed by atoms with van der Waals surface area (Å²) in [5.74, 6) is -0.361. The number of allylic oxidation sites excluding steroid dienone is 4. The molecule has 142 valence electrons. The first kappa shape index (κ1) is 20.5. The molecule has 0 amide bonds. The van der Waals surface area contributed by atoms with E-state index in [9.17, 15) is 9.90 Å². The Balaban J connectivity index is 2.02. The van der Waals surface area contributed by atoms with E-state index < -0.39 is 11.5 Å². The summed E-state index contributed by atoms with van der Waals surface area (Å²) in [5, 5.41) is 11.4. The van der Waals surface area contributed by atoms with Gasteiger partial charge in [-0.15, -0.1) is 11.6 Å². The number of hydrogen-bond donors (Lipinski definition) is 1. The van der Waals surface area contributed by atoms with Gasteiger partial charge in [-0.05, 0) is 72.1 Å². The van der Waals surface area contributed by atoms with Gasteiger partial charge in [0.1, 0.15) is 0 Å². The SMILES string of the molecule is CC(C)=CCC/C(C)=C/CC[C@]12CCC[C@@]1(O)C(CCCl)C(=O)OC2. The first-order chi connectivity index (χ1) is 11.8. The van der Waals surface area contributed by atoms with Crippen LogP contribution in [0.2, 0.25) is 0 Å². The van der Waals surface area contributed by atoms with E-state index in [2.05, 4.69) is 32.9 Å². The maximum absolute atomic E-state index is 12.2. The Bertz CT molecular complexity index is 535. The monoisotopic (exact) mass is 368 g/mol. The van der Waals surface area contributed by atoms with Crippen molar-refractivity contribution in [2.45, 2.75) is 77.7 Å². The van der Waals surface area contributed by atoms with Crippen molar-refractivity contribution in [2.24, 2.45) is 11.3 Å². The molecule has 2 aliphatic rings. The molecular weight excluding hydrogens is 336 g/mol. The highest BCUT2D eigenvalue weighted by molar-refractivity contribution is 6.18. The summed E-state index contributed by atoms with van der Waals surface area (Å²) >= 11 is 5.88. The van der Waals surface area contributed by atoms with Gasteiger partial charge in [0.2, 0.25) is 0 Å². The first-order valence-electron chi connectivity index (χ1n) is 9.59. The molecule has 0 aromatic carbocycles. The van der Waals surface area contributed by atoms with Gasteiger partial charge in [0.25, 0.3) is 0 Å². The predicted octanol–water partition coefficient (Wildman–Crippen LogP) is 5.16. The van der Waals surface area contributed by atoms with Crippen LogP contribution in [0, 0.1) is 11.3 Å². The van der Waals surface area contributed by atoms with Crippen LogP contribution < -0.4 is 0 Å². The highest BCUT2D eigenvalue weighted by Crippen LogP contribution is 2.56. The summed E-state index contributed by atoms with van der Waals surface area (Å²) in [6.07, 6.45) is 11.6. The largest absolute Gasteiger partial charge is 0.465 e. The molecule has 1 unspecified atom stereocenters. The lowest BCUT2D eigenvalue weighted by atomic mass is 9.63. The summed E-state index contributed by atoms with van der Waals surface area (Å²) in [4.78, 5) is 12.2. The normalized spacial score (nSPS) is 32.3. The molecule has 0 radical (unpaired) electrons. The minimum atomic E-state index is -0.943. The van der Waals surface area contributed by atoms with E-state index in [1.54, 1.807) is 0 Å². The highest BCUT2D eigenvalue weighted by atomic mass is 35.5. The summed E-state index contributed by atoms with van der Waals surface area (Å²) in [5.41, 5.74) is 1.51. The summed E-state index contributed by atoms with van der Waals surface area (Å²) in [7, 11) is 0. The van der Waals surface area contributed by atoms with Crippen LogP contribution in [0.5, 0.6) is 0 Å². The summed E-state index contributed by atoms with van der Waals surface area (Å²) < 4.78 is 5.49. The van der Waals surface area contributed by atoms with E-state index in [0.717, 1.165) is 38.5 Å². The molecule has 1 saturated carbocycles.